The fourth-order valence-electron chi connectivity index (χ4n) is 2.86. The van der Waals surface area contributed by atoms with Crippen LogP contribution in [0.25, 0.3) is 0 Å². The fraction of sp³-hybridized carbons (Fsp3) is 0.933. The van der Waals surface area contributed by atoms with Crippen molar-refractivity contribution >= 4 is 5.78 Å². The molecule has 0 aromatic rings. The molecule has 0 aromatic heterocycles. The minimum atomic E-state index is -0.319. The van der Waals surface area contributed by atoms with E-state index in [9.17, 15) is 4.79 Å². The summed E-state index contributed by atoms with van der Waals surface area (Å²) in [6.07, 6.45) is 5.46. The second-order valence-electron chi connectivity index (χ2n) is 5.68. The van der Waals surface area contributed by atoms with Gasteiger partial charge in [-0.2, -0.15) is 0 Å². The lowest BCUT2D eigenvalue weighted by atomic mass is 9.92. The Morgan fingerprint density at radius 2 is 2.00 bits per heavy atom. The van der Waals surface area contributed by atoms with Gasteiger partial charge in [0.1, 0.15) is 0 Å². The van der Waals surface area contributed by atoms with Crippen LogP contribution in [0.2, 0.25) is 0 Å². The molecule has 0 aromatic carbocycles. The maximum atomic E-state index is 12.3. The minimum Gasteiger partial charge on any atom is -0.378 e. The third-order valence-electron chi connectivity index (χ3n) is 4.19. The van der Waals surface area contributed by atoms with Crippen molar-refractivity contribution in [2.24, 2.45) is 0 Å². The van der Waals surface area contributed by atoms with Gasteiger partial charge in [0, 0.05) is 13.0 Å². The van der Waals surface area contributed by atoms with Gasteiger partial charge in [0.05, 0.1) is 11.6 Å². The van der Waals surface area contributed by atoms with Crippen LogP contribution < -0.4 is 0 Å². The van der Waals surface area contributed by atoms with Crippen LogP contribution in [-0.4, -0.2) is 42.0 Å². The summed E-state index contributed by atoms with van der Waals surface area (Å²) >= 11 is 0. The van der Waals surface area contributed by atoms with E-state index in [-0.39, 0.29) is 5.54 Å². The number of likely N-dealkylation sites (N-methyl/N-ethyl adjacent to an activating group) is 1. The summed E-state index contributed by atoms with van der Waals surface area (Å²) in [5.41, 5.74) is -0.319. The molecule has 0 N–H and O–H groups in total. The Morgan fingerprint density at radius 1 is 1.33 bits per heavy atom. The highest BCUT2D eigenvalue weighted by Crippen LogP contribution is 2.21. The molecular formula is C15H29NO2. The van der Waals surface area contributed by atoms with Crippen LogP contribution >= 0.6 is 0 Å². The molecule has 106 valence electrons. The number of ether oxygens (including phenoxy) is 1. The van der Waals surface area contributed by atoms with Crippen LogP contribution in [-0.2, 0) is 9.53 Å². The van der Waals surface area contributed by atoms with E-state index >= 15 is 0 Å². The van der Waals surface area contributed by atoms with Gasteiger partial charge < -0.3 is 4.74 Å². The van der Waals surface area contributed by atoms with E-state index in [4.69, 9.17) is 4.74 Å². The Balaban J connectivity index is 2.33. The topological polar surface area (TPSA) is 29.5 Å². The molecule has 1 atom stereocenters. The van der Waals surface area contributed by atoms with E-state index in [0.29, 0.717) is 18.3 Å². The number of carbonyl (C=O) groups excluding carboxylic acids is 1. The van der Waals surface area contributed by atoms with Crippen molar-refractivity contribution in [3.05, 3.63) is 0 Å². The molecule has 1 rings (SSSR count). The van der Waals surface area contributed by atoms with Crippen LogP contribution in [0.5, 0.6) is 0 Å². The van der Waals surface area contributed by atoms with Gasteiger partial charge in [-0.1, -0.05) is 13.8 Å². The average Bonchev–Trinajstić information content (AvgIpc) is 2.83. The zero-order valence-corrected chi connectivity index (χ0v) is 12.5. The number of ketones is 1. The van der Waals surface area contributed by atoms with Crippen molar-refractivity contribution in [3.8, 4) is 0 Å². The number of hydrogen-bond donors (Lipinski definition) is 0. The molecule has 1 fully saturated rings. The van der Waals surface area contributed by atoms with E-state index < -0.39 is 0 Å². The lowest BCUT2D eigenvalue weighted by Crippen LogP contribution is -2.49. The smallest absolute Gasteiger partial charge is 0.152 e. The number of nitrogens with zero attached hydrogens (tertiary/aromatic N) is 1. The summed E-state index contributed by atoms with van der Waals surface area (Å²) in [5, 5.41) is 0. The Kier molecular flexibility index (Phi) is 6.30. The van der Waals surface area contributed by atoms with Gasteiger partial charge in [-0.15, -0.1) is 0 Å². The van der Waals surface area contributed by atoms with Crippen molar-refractivity contribution in [2.45, 2.75) is 71.4 Å². The van der Waals surface area contributed by atoms with E-state index in [1.807, 2.05) is 0 Å². The first-order valence-electron chi connectivity index (χ1n) is 7.42. The van der Waals surface area contributed by atoms with Crippen molar-refractivity contribution in [1.29, 1.82) is 0 Å². The quantitative estimate of drug-likeness (QED) is 0.667. The van der Waals surface area contributed by atoms with E-state index in [2.05, 4.69) is 32.6 Å². The Hall–Kier alpha value is -0.410. The number of rotatable bonds is 8. The molecule has 18 heavy (non-hydrogen) atoms. The summed E-state index contributed by atoms with van der Waals surface area (Å²) in [7, 11) is 0. The van der Waals surface area contributed by atoms with Crippen LogP contribution in [0.4, 0.5) is 0 Å². The molecule has 0 radical (unpaired) electrons. The van der Waals surface area contributed by atoms with Crippen molar-refractivity contribution < 1.29 is 9.53 Å². The highest BCUT2D eigenvalue weighted by Gasteiger charge is 2.31. The van der Waals surface area contributed by atoms with Gasteiger partial charge in [0.15, 0.2) is 5.78 Å². The Labute approximate surface area is 112 Å². The minimum absolute atomic E-state index is 0.319. The van der Waals surface area contributed by atoms with Crippen LogP contribution in [0, 0.1) is 0 Å². The van der Waals surface area contributed by atoms with Gasteiger partial charge in [0.25, 0.3) is 0 Å². The molecular weight excluding hydrogens is 226 g/mol. The van der Waals surface area contributed by atoms with Gasteiger partial charge >= 0.3 is 0 Å². The molecule has 1 saturated heterocycles. The summed E-state index contributed by atoms with van der Waals surface area (Å²) in [4.78, 5) is 14.6. The number of carbonyl (C=O) groups is 1. The zero-order chi connectivity index (χ0) is 13.6. The van der Waals surface area contributed by atoms with E-state index in [1.165, 1.54) is 12.8 Å². The van der Waals surface area contributed by atoms with E-state index in [1.54, 1.807) is 0 Å². The molecule has 1 aliphatic rings. The lowest BCUT2D eigenvalue weighted by molar-refractivity contribution is -0.129. The summed E-state index contributed by atoms with van der Waals surface area (Å²) < 4.78 is 5.59. The predicted molar refractivity (Wildman–Crippen MR) is 74.8 cm³/mol. The summed E-state index contributed by atoms with van der Waals surface area (Å²) in [6, 6.07) is 0. The second-order valence-corrected chi connectivity index (χ2v) is 5.68. The zero-order valence-electron chi connectivity index (χ0n) is 12.5. The highest BCUT2D eigenvalue weighted by molar-refractivity contribution is 5.87. The van der Waals surface area contributed by atoms with Gasteiger partial charge in [-0.3, -0.25) is 9.69 Å². The third kappa shape index (κ3) is 4.06. The first-order valence-corrected chi connectivity index (χ1v) is 7.42. The first kappa shape index (κ1) is 15.6. The van der Waals surface area contributed by atoms with Gasteiger partial charge in [0.2, 0.25) is 0 Å². The molecule has 3 heteroatoms. The number of Topliss-reactive ketones (excluding diaryl/α,β-unsaturated/α-hetero) is 1. The Morgan fingerprint density at radius 3 is 2.50 bits per heavy atom. The molecule has 1 unspecified atom stereocenters. The molecule has 0 amide bonds. The van der Waals surface area contributed by atoms with Crippen molar-refractivity contribution in [1.82, 2.24) is 4.90 Å². The van der Waals surface area contributed by atoms with Gasteiger partial charge in [-0.05, 0) is 52.6 Å². The normalized spacial score (nSPS) is 20.6. The maximum absolute atomic E-state index is 12.3. The molecule has 0 spiro atoms. The maximum Gasteiger partial charge on any atom is 0.152 e. The first-order chi connectivity index (χ1) is 8.52. The molecule has 0 saturated carbocycles. The van der Waals surface area contributed by atoms with Crippen molar-refractivity contribution in [2.75, 3.05) is 19.7 Å². The van der Waals surface area contributed by atoms with Crippen molar-refractivity contribution in [3.63, 3.8) is 0 Å². The summed E-state index contributed by atoms with van der Waals surface area (Å²) in [5.74, 6) is 0.365. The standard InChI is InChI=1S/C15H29NO2/c1-5-16(6-2)15(3,4)14(17)11-7-9-13-10-8-12-18-13/h13H,5-12H2,1-4H3. The molecule has 3 nitrogen and oxygen atoms in total. The largest absolute Gasteiger partial charge is 0.378 e. The monoisotopic (exact) mass is 255 g/mol. The van der Waals surface area contributed by atoms with Crippen LogP contribution in [0.1, 0.15) is 59.8 Å². The average molecular weight is 255 g/mol. The van der Waals surface area contributed by atoms with Gasteiger partial charge in [-0.25, -0.2) is 0 Å². The van der Waals surface area contributed by atoms with Crippen LogP contribution in [0.3, 0.4) is 0 Å². The lowest BCUT2D eigenvalue weighted by Gasteiger charge is -2.35. The molecule has 0 aliphatic carbocycles. The third-order valence-corrected chi connectivity index (χ3v) is 4.19. The highest BCUT2D eigenvalue weighted by atomic mass is 16.5. The summed E-state index contributed by atoms with van der Waals surface area (Å²) in [6.45, 7) is 11.1. The second kappa shape index (κ2) is 7.25. The molecule has 0 bridgehead atoms. The van der Waals surface area contributed by atoms with Crippen LogP contribution in [0.15, 0.2) is 0 Å². The number of hydrogen-bond acceptors (Lipinski definition) is 3. The molecule has 1 heterocycles. The predicted octanol–water partition coefficient (Wildman–Crippen LogP) is 3.03. The fourth-order valence-corrected chi connectivity index (χ4v) is 2.86. The SMILES string of the molecule is CCN(CC)C(C)(C)C(=O)CCCC1CCCO1. The van der Waals surface area contributed by atoms with E-state index in [0.717, 1.165) is 32.5 Å². The Bertz CT molecular complexity index is 253. The molecule has 1 aliphatic heterocycles.